The number of morpholine rings is 1. The summed E-state index contributed by atoms with van der Waals surface area (Å²) in [6.45, 7) is 8.03. The van der Waals surface area contributed by atoms with Crippen molar-refractivity contribution in [2.75, 3.05) is 59.0 Å². The maximum atomic E-state index is 12.2. The quantitative estimate of drug-likeness (QED) is 0.760. The molecule has 3 aliphatic rings. The van der Waals surface area contributed by atoms with E-state index in [1.807, 2.05) is 4.90 Å². The minimum Gasteiger partial charge on any atom is -0.378 e. The first-order chi connectivity index (χ1) is 9.27. The molecule has 5 heteroatoms. The number of hydrogen-bond acceptors (Lipinski definition) is 4. The number of carbonyl (C=O) groups is 1. The van der Waals surface area contributed by atoms with Gasteiger partial charge in [-0.15, -0.1) is 0 Å². The van der Waals surface area contributed by atoms with Crippen LogP contribution in [0, 0.1) is 5.41 Å². The number of piperidine rings is 1. The summed E-state index contributed by atoms with van der Waals surface area (Å²) >= 11 is 0. The second-order valence-electron chi connectivity index (χ2n) is 6.20. The molecule has 0 aliphatic carbocycles. The predicted molar refractivity (Wildman–Crippen MR) is 73.0 cm³/mol. The number of nitrogens with zero attached hydrogens (tertiary/aromatic N) is 2. The number of amides is 1. The molecular weight excluding hydrogens is 242 g/mol. The van der Waals surface area contributed by atoms with Crippen molar-refractivity contribution in [3.63, 3.8) is 0 Å². The lowest BCUT2D eigenvalue weighted by Gasteiger charge is -2.34. The van der Waals surface area contributed by atoms with Crippen molar-refractivity contribution in [2.45, 2.75) is 19.3 Å². The third-order valence-electron chi connectivity index (χ3n) is 4.90. The molecule has 0 aromatic heterocycles. The number of hydrogen-bond donors (Lipinski definition) is 1. The van der Waals surface area contributed by atoms with Gasteiger partial charge in [-0.25, -0.2) is 0 Å². The van der Waals surface area contributed by atoms with Crippen molar-refractivity contribution in [3.05, 3.63) is 0 Å². The lowest BCUT2D eigenvalue weighted by molar-refractivity contribution is -0.136. The van der Waals surface area contributed by atoms with E-state index in [1.54, 1.807) is 0 Å². The molecule has 1 spiro atoms. The molecule has 3 heterocycles. The van der Waals surface area contributed by atoms with E-state index in [1.165, 1.54) is 19.3 Å². The fourth-order valence-corrected chi connectivity index (χ4v) is 3.63. The molecule has 5 nitrogen and oxygen atoms in total. The number of nitrogens with one attached hydrogen (secondary N) is 1. The zero-order chi connectivity index (χ0) is 13.1. The molecule has 3 fully saturated rings. The standard InChI is InChI=1S/C14H25N3O2/c18-13(17-7-9-19-10-8-17)11-16-6-3-14(12-16)1-4-15-5-2-14/h15H,1-12H2. The van der Waals surface area contributed by atoms with Crippen molar-refractivity contribution in [1.29, 1.82) is 0 Å². The first-order valence-electron chi connectivity index (χ1n) is 7.56. The van der Waals surface area contributed by atoms with Crippen molar-refractivity contribution in [3.8, 4) is 0 Å². The largest absolute Gasteiger partial charge is 0.378 e. The number of rotatable bonds is 2. The van der Waals surface area contributed by atoms with E-state index in [-0.39, 0.29) is 5.91 Å². The Morgan fingerprint density at radius 3 is 2.58 bits per heavy atom. The van der Waals surface area contributed by atoms with Crippen molar-refractivity contribution < 1.29 is 9.53 Å². The SMILES string of the molecule is O=C(CN1CCC2(CCNCC2)C1)N1CCOCC1. The van der Waals surface area contributed by atoms with Crippen molar-refractivity contribution in [1.82, 2.24) is 15.1 Å². The molecule has 0 bridgehead atoms. The average molecular weight is 267 g/mol. The van der Waals surface area contributed by atoms with Gasteiger partial charge in [-0.05, 0) is 44.3 Å². The highest BCUT2D eigenvalue weighted by atomic mass is 16.5. The van der Waals surface area contributed by atoms with Crippen LogP contribution in [0.15, 0.2) is 0 Å². The van der Waals surface area contributed by atoms with Gasteiger partial charge in [0.25, 0.3) is 0 Å². The van der Waals surface area contributed by atoms with Gasteiger partial charge in [-0.2, -0.15) is 0 Å². The summed E-state index contributed by atoms with van der Waals surface area (Å²) in [5.74, 6) is 0.286. The lowest BCUT2D eigenvalue weighted by Crippen LogP contribution is -2.46. The molecule has 0 aromatic rings. The van der Waals surface area contributed by atoms with Crippen LogP contribution in [0.2, 0.25) is 0 Å². The monoisotopic (exact) mass is 267 g/mol. The Morgan fingerprint density at radius 2 is 1.84 bits per heavy atom. The molecule has 3 saturated heterocycles. The first kappa shape index (κ1) is 13.3. The molecule has 1 N–H and O–H groups in total. The smallest absolute Gasteiger partial charge is 0.236 e. The van der Waals surface area contributed by atoms with E-state index in [2.05, 4.69) is 10.2 Å². The van der Waals surface area contributed by atoms with Gasteiger partial charge in [0, 0.05) is 19.6 Å². The normalized spacial score (nSPS) is 27.9. The maximum Gasteiger partial charge on any atom is 0.236 e. The average Bonchev–Trinajstić information content (AvgIpc) is 2.83. The molecule has 0 saturated carbocycles. The molecule has 0 aromatic carbocycles. The van der Waals surface area contributed by atoms with Gasteiger partial charge in [-0.3, -0.25) is 9.69 Å². The lowest BCUT2D eigenvalue weighted by atomic mass is 9.78. The molecule has 0 atom stereocenters. The van der Waals surface area contributed by atoms with E-state index in [9.17, 15) is 4.79 Å². The summed E-state index contributed by atoms with van der Waals surface area (Å²) in [7, 11) is 0. The van der Waals surface area contributed by atoms with Gasteiger partial charge in [0.2, 0.25) is 5.91 Å². The third kappa shape index (κ3) is 3.09. The van der Waals surface area contributed by atoms with Crippen LogP contribution in [0.5, 0.6) is 0 Å². The number of likely N-dealkylation sites (tertiary alicyclic amines) is 1. The van der Waals surface area contributed by atoms with E-state index in [4.69, 9.17) is 4.74 Å². The predicted octanol–water partition coefficient (Wildman–Crippen LogP) is -0.0793. The van der Waals surface area contributed by atoms with Gasteiger partial charge in [-0.1, -0.05) is 0 Å². The third-order valence-corrected chi connectivity index (χ3v) is 4.90. The van der Waals surface area contributed by atoms with Crippen LogP contribution in [0.1, 0.15) is 19.3 Å². The molecular formula is C14H25N3O2. The minimum absolute atomic E-state index is 0.286. The molecule has 3 aliphatic heterocycles. The van der Waals surface area contributed by atoms with Gasteiger partial charge in [0.1, 0.15) is 0 Å². The van der Waals surface area contributed by atoms with Gasteiger partial charge in [0.05, 0.1) is 19.8 Å². The molecule has 19 heavy (non-hydrogen) atoms. The van der Waals surface area contributed by atoms with E-state index in [0.717, 1.165) is 39.3 Å². The van der Waals surface area contributed by atoms with Crippen LogP contribution >= 0.6 is 0 Å². The first-order valence-corrected chi connectivity index (χ1v) is 7.56. The number of carbonyl (C=O) groups excluding carboxylic acids is 1. The summed E-state index contributed by atoms with van der Waals surface area (Å²) < 4.78 is 5.30. The Bertz CT molecular complexity index is 323. The molecule has 3 rings (SSSR count). The number of ether oxygens (including phenoxy) is 1. The van der Waals surface area contributed by atoms with Crippen LogP contribution in [0.25, 0.3) is 0 Å². The molecule has 1 amide bonds. The van der Waals surface area contributed by atoms with Gasteiger partial charge < -0.3 is 15.0 Å². The highest BCUT2D eigenvalue weighted by Crippen LogP contribution is 2.38. The zero-order valence-electron chi connectivity index (χ0n) is 11.7. The topological polar surface area (TPSA) is 44.8 Å². The highest BCUT2D eigenvalue weighted by Gasteiger charge is 2.39. The molecule has 0 unspecified atom stereocenters. The van der Waals surface area contributed by atoms with Gasteiger partial charge >= 0.3 is 0 Å². The Morgan fingerprint density at radius 1 is 1.11 bits per heavy atom. The Labute approximate surface area is 115 Å². The Balaban J connectivity index is 1.49. The second-order valence-corrected chi connectivity index (χ2v) is 6.20. The van der Waals surface area contributed by atoms with Gasteiger partial charge in [0.15, 0.2) is 0 Å². The fourth-order valence-electron chi connectivity index (χ4n) is 3.63. The van der Waals surface area contributed by atoms with Crippen LogP contribution in [0.3, 0.4) is 0 Å². The maximum absolute atomic E-state index is 12.2. The summed E-state index contributed by atoms with van der Waals surface area (Å²) in [4.78, 5) is 16.6. The van der Waals surface area contributed by atoms with Crippen molar-refractivity contribution in [2.24, 2.45) is 5.41 Å². The summed E-state index contributed by atoms with van der Waals surface area (Å²) in [5, 5.41) is 3.44. The summed E-state index contributed by atoms with van der Waals surface area (Å²) in [6, 6.07) is 0. The van der Waals surface area contributed by atoms with Crippen LogP contribution in [0.4, 0.5) is 0 Å². The van der Waals surface area contributed by atoms with E-state index >= 15 is 0 Å². The molecule has 0 radical (unpaired) electrons. The second kappa shape index (κ2) is 5.77. The summed E-state index contributed by atoms with van der Waals surface area (Å²) in [5.41, 5.74) is 0.497. The highest BCUT2D eigenvalue weighted by molar-refractivity contribution is 5.78. The Kier molecular flexibility index (Phi) is 4.05. The van der Waals surface area contributed by atoms with Crippen LogP contribution in [-0.2, 0) is 9.53 Å². The summed E-state index contributed by atoms with van der Waals surface area (Å²) in [6.07, 6.45) is 3.82. The molecule has 108 valence electrons. The zero-order valence-corrected chi connectivity index (χ0v) is 11.7. The van der Waals surface area contributed by atoms with E-state index < -0.39 is 0 Å². The fraction of sp³-hybridized carbons (Fsp3) is 0.929. The Hall–Kier alpha value is -0.650. The van der Waals surface area contributed by atoms with E-state index in [0.29, 0.717) is 25.2 Å². The van der Waals surface area contributed by atoms with Crippen LogP contribution < -0.4 is 5.32 Å². The minimum atomic E-state index is 0.286. The van der Waals surface area contributed by atoms with Crippen molar-refractivity contribution >= 4 is 5.91 Å². The van der Waals surface area contributed by atoms with Crippen LogP contribution in [-0.4, -0.2) is 74.7 Å².